The number of carbonyl (C=O) groups is 2. The molecule has 0 aromatic carbocycles. The van der Waals surface area contributed by atoms with Crippen LogP contribution in [0.3, 0.4) is 0 Å². The first-order chi connectivity index (χ1) is 10.1. The molecule has 0 fully saturated rings. The standard InChI is InChI=1S/C17H34N2O2/c1-3-5-7-8-9-10-11-12-13-15-17(21)19(18)16(20)14-6-4-2/h3-15,18H2,1-2H3. The predicted molar refractivity (Wildman–Crippen MR) is 87.4 cm³/mol. The maximum absolute atomic E-state index is 11.7. The van der Waals surface area contributed by atoms with Gasteiger partial charge >= 0.3 is 0 Å². The van der Waals surface area contributed by atoms with Crippen LogP contribution in [0, 0.1) is 0 Å². The second-order valence-corrected chi connectivity index (χ2v) is 5.84. The van der Waals surface area contributed by atoms with Crippen LogP contribution in [0.15, 0.2) is 0 Å². The predicted octanol–water partition coefficient (Wildman–Crippen LogP) is 4.33. The smallest absolute Gasteiger partial charge is 0.243 e. The highest BCUT2D eigenvalue weighted by atomic mass is 16.2. The zero-order valence-electron chi connectivity index (χ0n) is 14.0. The van der Waals surface area contributed by atoms with Crippen LogP contribution in [0.2, 0.25) is 0 Å². The monoisotopic (exact) mass is 298 g/mol. The van der Waals surface area contributed by atoms with Crippen molar-refractivity contribution in [2.24, 2.45) is 5.84 Å². The van der Waals surface area contributed by atoms with E-state index >= 15 is 0 Å². The molecule has 0 aromatic rings. The number of unbranched alkanes of at least 4 members (excludes halogenated alkanes) is 9. The molecule has 0 saturated heterocycles. The normalized spacial score (nSPS) is 10.6. The van der Waals surface area contributed by atoms with Gasteiger partial charge in [-0.2, -0.15) is 0 Å². The molecule has 4 nitrogen and oxygen atoms in total. The molecular formula is C17H34N2O2. The van der Waals surface area contributed by atoms with Crippen LogP contribution in [0.1, 0.15) is 97.3 Å². The van der Waals surface area contributed by atoms with Gasteiger partial charge in [0.25, 0.3) is 0 Å². The molecule has 0 saturated carbocycles. The van der Waals surface area contributed by atoms with E-state index in [2.05, 4.69) is 6.92 Å². The van der Waals surface area contributed by atoms with E-state index in [0.29, 0.717) is 12.8 Å². The largest absolute Gasteiger partial charge is 0.273 e. The number of amides is 2. The third-order valence-electron chi connectivity index (χ3n) is 3.78. The molecule has 4 heteroatoms. The van der Waals surface area contributed by atoms with E-state index in [1.807, 2.05) is 6.92 Å². The van der Waals surface area contributed by atoms with Crippen molar-refractivity contribution in [3.63, 3.8) is 0 Å². The van der Waals surface area contributed by atoms with E-state index in [-0.39, 0.29) is 11.8 Å². The van der Waals surface area contributed by atoms with Gasteiger partial charge in [-0.1, -0.05) is 71.6 Å². The minimum absolute atomic E-state index is 0.237. The van der Waals surface area contributed by atoms with Gasteiger partial charge in [0.1, 0.15) is 0 Å². The van der Waals surface area contributed by atoms with Gasteiger partial charge in [-0.25, -0.2) is 10.9 Å². The average Bonchev–Trinajstić information content (AvgIpc) is 2.49. The quantitative estimate of drug-likeness (QED) is 0.238. The molecule has 124 valence electrons. The molecule has 0 unspecified atom stereocenters. The summed E-state index contributed by atoms with van der Waals surface area (Å²) in [6.07, 6.45) is 13.4. The number of rotatable bonds is 13. The lowest BCUT2D eigenvalue weighted by atomic mass is 10.1. The minimum Gasteiger partial charge on any atom is -0.273 e. The van der Waals surface area contributed by atoms with Crippen LogP contribution in [0.4, 0.5) is 0 Å². The van der Waals surface area contributed by atoms with Crippen LogP contribution >= 0.6 is 0 Å². The zero-order chi connectivity index (χ0) is 15.9. The maximum atomic E-state index is 11.7. The Labute approximate surface area is 130 Å². The summed E-state index contributed by atoms with van der Waals surface area (Å²) >= 11 is 0. The molecule has 0 aliphatic rings. The SMILES string of the molecule is CCCCCCCCCCCC(=O)N(N)C(=O)CCCC. The van der Waals surface area contributed by atoms with Gasteiger partial charge in [0, 0.05) is 12.8 Å². The van der Waals surface area contributed by atoms with Crippen LogP contribution < -0.4 is 5.84 Å². The highest BCUT2D eigenvalue weighted by Gasteiger charge is 2.16. The highest BCUT2D eigenvalue weighted by Crippen LogP contribution is 2.11. The molecule has 0 heterocycles. The van der Waals surface area contributed by atoms with E-state index in [9.17, 15) is 9.59 Å². The van der Waals surface area contributed by atoms with Crippen molar-refractivity contribution in [2.75, 3.05) is 0 Å². The number of hydrogen-bond acceptors (Lipinski definition) is 3. The number of hydrogen-bond donors (Lipinski definition) is 1. The first kappa shape index (κ1) is 20.1. The maximum Gasteiger partial charge on any atom is 0.243 e. The van der Waals surface area contributed by atoms with Gasteiger partial charge in [-0.05, 0) is 12.8 Å². The van der Waals surface area contributed by atoms with Crippen LogP contribution in [-0.2, 0) is 9.59 Å². The summed E-state index contributed by atoms with van der Waals surface area (Å²) in [7, 11) is 0. The van der Waals surface area contributed by atoms with Gasteiger partial charge in [-0.15, -0.1) is 0 Å². The summed E-state index contributed by atoms with van der Waals surface area (Å²) in [6.45, 7) is 4.24. The fourth-order valence-corrected chi connectivity index (χ4v) is 2.29. The van der Waals surface area contributed by atoms with Crippen LogP contribution in [0.25, 0.3) is 0 Å². The molecule has 2 amide bonds. The molecule has 0 radical (unpaired) electrons. The summed E-state index contributed by atoms with van der Waals surface area (Å²) in [5, 5.41) is 0.820. The topological polar surface area (TPSA) is 63.4 Å². The van der Waals surface area contributed by atoms with Crippen molar-refractivity contribution in [1.29, 1.82) is 0 Å². The number of nitrogens with two attached hydrogens (primary N) is 1. The van der Waals surface area contributed by atoms with Crippen molar-refractivity contribution >= 4 is 11.8 Å². The molecule has 0 bridgehead atoms. The van der Waals surface area contributed by atoms with E-state index in [1.165, 1.54) is 44.9 Å². The number of carbonyl (C=O) groups excluding carboxylic acids is 2. The van der Waals surface area contributed by atoms with Gasteiger partial charge in [0.2, 0.25) is 11.8 Å². The molecule has 2 N–H and O–H groups in total. The van der Waals surface area contributed by atoms with Crippen molar-refractivity contribution in [3.05, 3.63) is 0 Å². The Morgan fingerprint density at radius 3 is 1.52 bits per heavy atom. The highest BCUT2D eigenvalue weighted by molar-refractivity contribution is 5.94. The second kappa shape index (κ2) is 14.1. The van der Waals surface area contributed by atoms with Gasteiger partial charge in [0.15, 0.2) is 0 Å². The molecule has 0 spiro atoms. The molecule has 0 rings (SSSR count). The van der Waals surface area contributed by atoms with Crippen molar-refractivity contribution in [1.82, 2.24) is 5.01 Å². The lowest BCUT2D eigenvalue weighted by Gasteiger charge is -2.14. The van der Waals surface area contributed by atoms with E-state index in [0.717, 1.165) is 30.7 Å². The zero-order valence-corrected chi connectivity index (χ0v) is 14.0. The molecular weight excluding hydrogens is 264 g/mol. The second-order valence-electron chi connectivity index (χ2n) is 5.84. The number of nitrogens with zero attached hydrogens (tertiary/aromatic N) is 1. The number of imide groups is 1. The van der Waals surface area contributed by atoms with Gasteiger partial charge in [0.05, 0.1) is 0 Å². The Balaban J connectivity index is 3.50. The summed E-state index contributed by atoms with van der Waals surface area (Å²) in [5.41, 5.74) is 0. The van der Waals surface area contributed by atoms with E-state index in [1.54, 1.807) is 0 Å². The fraction of sp³-hybridized carbons (Fsp3) is 0.882. The fourth-order valence-electron chi connectivity index (χ4n) is 2.29. The van der Waals surface area contributed by atoms with Crippen molar-refractivity contribution in [3.8, 4) is 0 Å². The summed E-state index contributed by atoms with van der Waals surface area (Å²) < 4.78 is 0. The molecule has 21 heavy (non-hydrogen) atoms. The summed E-state index contributed by atoms with van der Waals surface area (Å²) in [4.78, 5) is 23.3. The molecule has 0 atom stereocenters. The Morgan fingerprint density at radius 1 is 0.667 bits per heavy atom. The molecule has 0 aliphatic carbocycles. The third kappa shape index (κ3) is 11.4. The Bertz CT molecular complexity index is 280. The van der Waals surface area contributed by atoms with Gasteiger partial charge < -0.3 is 0 Å². The molecule has 0 aromatic heterocycles. The lowest BCUT2D eigenvalue weighted by molar-refractivity contribution is -0.145. The first-order valence-corrected chi connectivity index (χ1v) is 8.73. The Hall–Kier alpha value is -0.900. The summed E-state index contributed by atoms with van der Waals surface area (Å²) in [5.74, 6) is 5.06. The Morgan fingerprint density at radius 2 is 1.05 bits per heavy atom. The van der Waals surface area contributed by atoms with Crippen molar-refractivity contribution in [2.45, 2.75) is 97.3 Å². The first-order valence-electron chi connectivity index (χ1n) is 8.73. The molecule has 0 aliphatic heterocycles. The van der Waals surface area contributed by atoms with Crippen LogP contribution in [0.5, 0.6) is 0 Å². The average molecular weight is 298 g/mol. The van der Waals surface area contributed by atoms with Gasteiger partial charge in [-0.3, -0.25) is 9.59 Å². The summed E-state index contributed by atoms with van der Waals surface area (Å²) in [6, 6.07) is 0. The third-order valence-corrected chi connectivity index (χ3v) is 3.78. The number of hydrazine groups is 1. The van der Waals surface area contributed by atoms with E-state index < -0.39 is 0 Å². The van der Waals surface area contributed by atoms with Crippen LogP contribution in [-0.4, -0.2) is 16.8 Å². The minimum atomic E-state index is -0.252. The van der Waals surface area contributed by atoms with E-state index in [4.69, 9.17) is 5.84 Å². The lowest BCUT2D eigenvalue weighted by Crippen LogP contribution is -2.42. The van der Waals surface area contributed by atoms with Crippen molar-refractivity contribution < 1.29 is 9.59 Å². The Kier molecular flexibility index (Phi) is 13.5.